The summed E-state index contributed by atoms with van der Waals surface area (Å²) in [7, 11) is 0. The quantitative estimate of drug-likeness (QED) is 0.366. The van der Waals surface area contributed by atoms with Crippen LogP contribution in [0.15, 0.2) is 23.6 Å². The highest BCUT2D eigenvalue weighted by atomic mass is 32.1. The normalized spacial score (nSPS) is 16.4. The van der Waals surface area contributed by atoms with Crippen molar-refractivity contribution in [3.05, 3.63) is 34.6 Å². The first-order valence-electron chi connectivity index (χ1n) is 12.2. The maximum atomic E-state index is 12.0. The van der Waals surface area contributed by atoms with Crippen molar-refractivity contribution in [3.63, 3.8) is 0 Å². The van der Waals surface area contributed by atoms with Gasteiger partial charge in [-0.2, -0.15) is 0 Å². The number of nitrogens with zero attached hydrogens (tertiary/aromatic N) is 5. The molecule has 4 rings (SSSR count). The lowest BCUT2D eigenvalue weighted by atomic mass is 9.80. The Balaban J connectivity index is 1.56. The van der Waals surface area contributed by atoms with Crippen molar-refractivity contribution in [2.45, 2.75) is 53.1 Å². The third-order valence-corrected chi connectivity index (χ3v) is 7.33. The molecule has 0 atom stereocenters. The molecule has 12 heteroatoms. The topological polar surface area (TPSA) is 142 Å². The Morgan fingerprint density at radius 1 is 1.30 bits per heavy atom. The van der Waals surface area contributed by atoms with E-state index in [4.69, 9.17) is 4.84 Å². The van der Waals surface area contributed by atoms with Gasteiger partial charge in [-0.25, -0.2) is 19.7 Å². The van der Waals surface area contributed by atoms with Gasteiger partial charge in [-0.1, -0.05) is 11.3 Å². The molecule has 1 aliphatic heterocycles. The molecule has 2 aliphatic rings. The number of hydrogen-bond acceptors (Lipinski definition) is 9. The van der Waals surface area contributed by atoms with Crippen molar-refractivity contribution in [1.29, 1.82) is 0 Å². The van der Waals surface area contributed by atoms with E-state index in [1.54, 1.807) is 19.3 Å². The summed E-state index contributed by atoms with van der Waals surface area (Å²) in [6.07, 6.45) is 7.03. The number of aliphatic carboxylic acids is 1. The van der Waals surface area contributed by atoms with Crippen LogP contribution in [-0.4, -0.2) is 63.7 Å². The summed E-state index contributed by atoms with van der Waals surface area (Å²) < 4.78 is 0. The Morgan fingerprint density at radius 3 is 2.62 bits per heavy atom. The van der Waals surface area contributed by atoms with Gasteiger partial charge in [0.25, 0.3) is 0 Å². The van der Waals surface area contributed by atoms with Crippen LogP contribution in [-0.2, 0) is 16.1 Å². The lowest BCUT2D eigenvalue weighted by Gasteiger charge is -2.36. The van der Waals surface area contributed by atoms with E-state index >= 15 is 0 Å². The number of carboxylic acids is 1. The summed E-state index contributed by atoms with van der Waals surface area (Å²) in [4.78, 5) is 45.5. The van der Waals surface area contributed by atoms with E-state index in [1.165, 1.54) is 11.3 Å². The summed E-state index contributed by atoms with van der Waals surface area (Å²) in [5.41, 5.74) is 2.56. The lowest BCUT2D eigenvalue weighted by Crippen LogP contribution is -2.43. The number of anilines is 2. The van der Waals surface area contributed by atoms with E-state index in [9.17, 15) is 14.7 Å². The molecule has 0 spiro atoms. The van der Waals surface area contributed by atoms with Gasteiger partial charge in [-0.3, -0.25) is 10.1 Å². The van der Waals surface area contributed by atoms with Gasteiger partial charge in [-0.05, 0) is 57.3 Å². The maximum Gasteiger partial charge on any atom is 0.321 e. The van der Waals surface area contributed by atoms with E-state index in [-0.39, 0.29) is 12.1 Å². The zero-order chi connectivity index (χ0) is 26.6. The van der Waals surface area contributed by atoms with E-state index in [1.807, 2.05) is 31.7 Å². The molecule has 3 heterocycles. The minimum absolute atomic E-state index is 0.0832. The van der Waals surface area contributed by atoms with Crippen molar-refractivity contribution >= 4 is 51.4 Å². The molecule has 11 nitrogen and oxygen atoms in total. The van der Waals surface area contributed by atoms with E-state index < -0.39 is 11.4 Å². The predicted octanol–water partition coefficient (Wildman–Crippen LogP) is 3.80. The number of carboxylic acid groups (broad SMARTS) is 1. The molecule has 37 heavy (non-hydrogen) atoms. The number of hydrogen-bond donors (Lipinski definition) is 3. The zero-order valence-electron chi connectivity index (χ0n) is 21.4. The Morgan fingerprint density at radius 2 is 2.00 bits per heavy atom. The molecule has 0 bridgehead atoms. The SMILES string of the molecule is CCNC(=O)Nc1nc2c(s1)C(=C=NOC(C)C)C=C(c1cnc(N3CCC(C)(C(=O)O)CC3)nc1)C2. The number of urea groups is 1. The first-order chi connectivity index (χ1) is 17.7. The second-order valence-corrected chi connectivity index (χ2v) is 10.5. The third-order valence-electron chi connectivity index (χ3n) is 6.28. The fourth-order valence-corrected chi connectivity index (χ4v) is 4.97. The van der Waals surface area contributed by atoms with Crippen LogP contribution in [0.3, 0.4) is 0 Å². The minimum Gasteiger partial charge on any atom is -0.481 e. The van der Waals surface area contributed by atoms with Gasteiger partial charge < -0.3 is 20.2 Å². The van der Waals surface area contributed by atoms with Crippen LogP contribution >= 0.6 is 11.3 Å². The summed E-state index contributed by atoms with van der Waals surface area (Å²) in [6, 6.07) is -0.311. The first kappa shape index (κ1) is 26.3. The van der Waals surface area contributed by atoms with Gasteiger partial charge in [0.05, 0.1) is 21.6 Å². The molecular weight excluding hydrogens is 494 g/mol. The Hall–Kier alpha value is -3.76. The number of thiazole rings is 1. The largest absolute Gasteiger partial charge is 0.481 e. The third kappa shape index (κ3) is 6.15. The Bertz CT molecular complexity index is 1250. The molecule has 2 amide bonds. The number of fused-ring (bicyclic) bond motifs is 1. The minimum atomic E-state index is -0.760. The summed E-state index contributed by atoms with van der Waals surface area (Å²) in [5, 5.41) is 19.4. The lowest BCUT2D eigenvalue weighted by molar-refractivity contribution is -0.149. The number of amides is 2. The van der Waals surface area contributed by atoms with Gasteiger partial charge in [0.2, 0.25) is 5.95 Å². The fraction of sp³-hybridized carbons (Fsp3) is 0.480. The fourth-order valence-electron chi connectivity index (χ4n) is 4.02. The molecular formula is C25H31N7O4S. The van der Waals surface area contributed by atoms with Gasteiger partial charge in [0.15, 0.2) is 5.13 Å². The van der Waals surface area contributed by atoms with Crippen molar-refractivity contribution in [2.75, 3.05) is 29.9 Å². The molecule has 0 saturated carbocycles. The van der Waals surface area contributed by atoms with Crippen molar-refractivity contribution < 1.29 is 19.5 Å². The number of aromatic nitrogens is 3. The molecule has 0 radical (unpaired) electrons. The van der Waals surface area contributed by atoms with Crippen LogP contribution in [0.25, 0.3) is 11.1 Å². The number of carbonyl (C=O) groups is 2. The highest BCUT2D eigenvalue weighted by molar-refractivity contribution is 7.17. The molecule has 1 fully saturated rings. The second kappa shape index (κ2) is 11.1. The molecule has 196 valence electrons. The summed E-state index contributed by atoms with van der Waals surface area (Å²) in [6.45, 7) is 9.10. The van der Waals surface area contributed by atoms with E-state index in [2.05, 4.69) is 36.6 Å². The standard InChI is InChI=1S/C25H31N7O4S/c1-5-26-23(35)31-24-30-19-11-16(10-17(20(19)37-24)14-29-36-15(2)3)18-12-27-22(28-13-18)32-8-6-25(4,7-9-32)21(33)34/h10,12-13,15H,5-9,11H2,1-4H3,(H,33,34)(H2,26,30,31,35). The Labute approximate surface area is 219 Å². The molecule has 3 N–H and O–H groups in total. The van der Waals surface area contributed by atoms with E-state index in [0.29, 0.717) is 55.5 Å². The number of piperidine rings is 1. The van der Waals surface area contributed by atoms with E-state index in [0.717, 1.165) is 21.7 Å². The number of carbonyl (C=O) groups excluding carboxylic acids is 1. The van der Waals surface area contributed by atoms with Crippen molar-refractivity contribution in [3.8, 4) is 0 Å². The molecule has 1 saturated heterocycles. The molecule has 1 aliphatic carbocycles. The smallest absolute Gasteiger partial charge is 0.321 e. The van der Waals surface area contributed by atoms with Crippen LogP contribution < -0.4 is 15.5 Å². The number of nitrogens with one attached hydrogen (secondary N) is 2. The van der Waals surface area contributed by atoms with Gasteiger partial charge >= 0.3 is 12.0 Å². The maximum absolute atomic E-state index is 12.0. The Kier molecular flexibility index (Phi) is 7.89. The first-order valence-corrected chi connectivity index (χ1v) is 13.0. The van der Waals surface area contributed by atoms with Gasteiger partial charge in [-0.15, -0.1) is 0 Å². The monoisotopic (exact) mass is 525 g/mol. The van der Waals surface area contributed by atoms with Crippen LogP contribution in [0.5, 0.6) is 0 Å². The summed E-state index contributed by atoms with van der Waals surface area (Å²) >= 11 is 1.35. The molecule has 2 aromatic heterocycles. The number of rotatable bonds is 7. The second-order valence-electron chi connectivity index (χ2n) is 9.52. The average molecular weight is 526 g/mol. The highest BCUT2D eigenvalue weighted by Gasteiger charge is 2.37. The van der Waals surface area contributed by atoms with Gasteiger partial charge in [0, 0.05) is 49.9 Å². The van der Waals surface area contributed by atoms with Crippen LogP contribution in [0, 0.1) is 5.41 Å². The molecule has 0 unspecified atom stereocenters. The molecule has 2 aromatic rings. The molecule has 0 aromatic carbocycles. The van der Waals surface area contributed by atoms with Gasteiger partial charge in [0.1, 0.15) is 6.10 Å². The van der Waals surface area contributed by atoms with Crippen molar-refractivity contribution in [1.82, 2.24) is 20.3 Å². The number of allylic oxidation sites excluding steroid dienone is 3. The summed E-state index contributed by atoms with van der Waals surface area (Å²) in [5.74, 6) is 2.79. The van der Waals surface area contributed by atoms with Crippen molar-refractivity contribution in [2.24, 2.45) is 10.6 Å². The average Bonchev–Trinajstić information content (AvgIpc) is 3.27. The predicted molar refractivity (Wildman–Crippen MR) is 143 cm³/mol. The van der Waals surface area contributed by atoms with Crippen LogP contribution in [0.1, 0.15) is 56.7 Å². The highest BCUT2D eigenvalue weighted by Crippen LogP contribution is 2.38. The van der Waals surface area contributed by atoms with Crippen LogP contribution in [0.2, 0.25) is 0 Å². The zero-order valence-corrected chi connectivity index (χ0v) is 22.2. The van der Waals surface area contributed by atoms with Crippen LogP contribution in [0.4, 0.5) is 15.9 Å².